The second-order valence-electron chi connectivity index (χ2n) is 3.81. The summed E-state index contributed by atoms with van der Waals surface area (Å²) in [6.45, 7) is 0.488. The molecule has 0 saturated carbocycles. The van der Waals surface area contributed by atoms with Crippen LogP contribution in [0.3, 0.4) is 0 Å². The van der Waals surface area contributed by atoms with E-state index in [4.69, 9.17) is 5.73 Å². The van der Waals surface area contributed by atoms with Crippen molar-refractivity contribution in [2.75, 3.05) is 17.2 Å². The van der Waals surface area contributed by atoms with Gasteiger partial charge < -0.3 is 5.73 Å². The minimum Gasteiger partial charge on any atom is -0.330 e. The van der Waals surface area contributed by atoms with E-state index in [0.717, 1.165) is 15.4 Å². The van der Waals surface area contributed by atoms with Gasteiger partial charge in [0.25, 0.3) is 5.91 Å². The molecule has 94 valence electrons. The lowest BCUT2D eigenvalue weighted by Crippen LogP contribution is -2.41. The number of nitrogens with zero attached hydrogens (tertiary/aromatic N) is 1. The number of carbonyl (C=O) groups is 3. The first-order valence-electron chi connectivity index (χ1n) is 5.45. The summed E-state index contributed by atoms with van der Waals surface area (Å²) in [5.74, 6) is -1.02. The van der Waals surface area contributed by atoms with Gasteiger partial charge >= 0.3 is 0 Å². The van der Waals surface area contributed by atoms with E-state index in [9.17, 15) is 14.4 Å². The third-order valence-corrected chi connectivity index (χ3v) is 3.67. The maximum absolute atomic E-state index is 11.7. The highest BCUT2D eigenvalue weighted by atomic mass is 32.2. The summed E-state index contributed by atoms with van der Waals surface area (Å²) in [7, 11) is 0. The quantitative estimate of drug-likeness (QED) is 0.629. The highest BCUT2D eigenvalue weighted by molar-refractivity contribution is 8.00. The van der Waals surface area contributed by atoms with E-state index in [-0.39, 0.29) is 17.9 Å². The molecule has 0 atom stereocenters. The first-order chi connectivity index (χ1) is 8.67. The first-order valence-corrected chi connectivity index (χ1v) is 6.44. The highest BCUT2D eigenvalue weighted by Gasteiger charge is 2.29. The van der Waals surface area contributed by atoms with Crippen LogP contribution in [-0.2, 0) is 20.8 Å². The largest absolute Gasteiger partial charge is 0.330 e. The molecule has 0 aliphatic carbocycles. The van der Waals surface area contributed by atoms with Crippen molar-refractivity contribution in [3.63, 3.8) is 0 Å². The zero-order chi connectivity index (χ0) is 13.1. The van der Waals surface area contributed by atoms with Crippen LogP contribution in [0.1, 0.15) is 5.56 Å². The summed E-state index contributed by atoms with van der Waals surface area (Å²) < 4.78 is 0. The van der Waals surface area contributed by atoms with Gasteiger partial charge in [-0.1, -0.05) is 6.07 Å². The molecule has 2 amide bonds. The maximum atomic E-state index is 11.7. The van der Waals surface area contributed by atoms with E-state index >= 15 is 0 Å². The number of benzene rings is 1. The molecule has 0 radical (unpaired) electrons. The number of imide groups is 1. The molecule has 0 aromatic heterocycles. The van der Waals surface area contributed by atoms with Crippen LogP contribution in [0.15, 0.2) is 23.1 Å². The molecule has 1 aromatic carbocycles. The van der Waals surface area contributed by atoms with Crippen LogP contribution in [0.2, 0.25) is 0 Å². The summed E-state index contributed by atoms with van der Waals surface area (Å²) in [4.78, 5) is 35.6. The van der Waals surface area contributed by atoms with Crippen LogP contribution in [0.25, 0.3) is 0 Å². The second kappa shape index (κ2) is 5.32. The van der Waals surface area contributed by atoms with Gasteiger partial charge in [0, 0.05) is 4.90 Å². The van der Waals surface area contributed by atoms with Gasteiger partial charge in [0.2, 0.25) is 12.2 Å². The lowest BCUT2D eigenvalue weighted by molar-refractivity contribution is -0.132. The molecule has 0 saturated heterocycles. The van der Waals surface area contributed by atoms with Crippen LogP contribution >= 0.6 is 11.8 Å². The average Bonchev–Trinajstić information content (AvgIpc) is 2.38. The molecular formula is C12H12N2O3S. The molecule has 1 heterocycles. The monoisotopic (exact) mass is 264 g/mol. The molecule has 6 heteroatoms. The fourth-order valence-electron chi connectivity index (χ4n) is 1.81. The Hall–Kier alpha value is -1.66. The maximum Gasteiger partial charge on any atom is 0.297 e. The van der Waals surface area contributed by atoms with Crippen LogP contribution in [-0.4, -0.2) is 30.4 Å². The summed E-state index contributed by atoms with van der Waals surface area (Å²) in [6, 6.07) is 5.51. The van der Waals surface area contributed by atoms with E-state index in [1.54, 1.807) is 6.07 Å². The van der Waals surface area contributed by atoms with E-state index < -0.39 is 5.91 Å². The zero-order valence-corrected chi connectivity index (χ0v) is 10.4. The molecule has 0 unspecified atom stereocenters. The predicted molar refractivity (Wildman–Crippen MR) is 68.5 cm³/mol. The molecule has 0 bridgehead atoms. The Labute approximate surface area is 108 Å². The first kappa shape index (κ1) is 12.8. The average molecular weight is 264 g/mol. The molecular weight excluding hydrogens is 252 g/mol. The van der Waals surface area contributed by atoms with Crippen molar-refractivity contribution >= 4 is 35.5 Å². The molecule has 0 fully saturated rings. The van der Waals surface area contributed by atoms with Gasteiger partial charge in [-0.2, -0.15) is 0 Å². The number of anilines is 1. The van der Waals surface area contributed by atoms with Gasteiger partial charge in [-0.05, 0) is 30.7 Å². The number of hydrogen-bond donors (Lipinski definition) is 1. The lowest BCUT2D eigenvalue weighted by Gasteiger charge is -2.26. The van der Waals surface area contributed by atoms with Gasteiger partial charge in [0.1, 0.15) is 0 Å². The van der Waals surface area contributed by atoms with Crippen molar-refractivity contribution in [2.45, 2.75) is 11.3 Å². The molecule has 2 rings (SSSR count). The van der Waals surface area contributed by atoms with Crippen LogP contribution in [0.5, 0.6) is 0 Å². The van der Waals surface area contributed by atoms with Gasteiger partial charge in [-0.15, -0.1) is 11.8 Å². The molecule has 1 aliphatic rings. The summed E-state index contributed by atoms with van der Waals surface area (Å²) >= 11 is 1.36. The van der Waals surface area contributed by atoms with Crippen LogP contribution < -0.4 is 10.6 Å². The fourth-order valence-corrected chi connectivity index (χ4v) is 2.69. The van der Waals surface area contributed by atoms with Crippen molar-refractivity contribution in [1.29, 1.82) is 0 Å². The number of carbonyl (C=O) groups excluding carboxylic acids is 3. The number of nitrogens with two attached hydrogens (primary N) is 1. The van der Waals surface area contributed by atoms with E-state index in [1.165, 1.54) is 11.8 Å². The summed E-state index contributed by atoms with van der Waals surface area (Å²) in [6.07, 6.45) is 0.822. The minimum atomic E-state index is -0.827. The SMILES string of the molecule is NCCc1ccc2c(c1)N(C(=O)C=O)C(=O)CS2. The van der Waals surface area contributed by atoms with Crippen molar-refractivity contribution in [1.82, 2.24) is 0 Å². The third-order valence-electron chi connectivity index (χ3n) is 2.62. The Morgan fingerprint density at radius 1 is 1.50 bits per heavy atom. The molecule has 2 N–H and O–H groups in total. The molecule has 0 spiro atoms. The normalized spacial score (nSPS) is 14.3. The molecule has 5 nitrogen and oxygen atoms in total. The Bertz CT molecular complexity index is 516. The zero-order valence-electron chi connectivity index (χ0n) is 9.59. The van der Waals surface area contributed by atoms with E-state index in [0.29, 0.717) is 18.7 Å². The lowest BCUT2D eigenvalue weighted by atomic mass is 10.1. The number of hydrogen-bond acceptors (Lipinski definition) is 5. The second-order valence-corrected chi connectivity index (χ2v) is 4.83. The summed E-state index contributed by atoms with van der Waals surface area (Å²) in [5.41, 5.74) is 6.90. The topological polar surface area (TPSA) is 80.5 Å². The van der Waals surface area contributed by atoms with Gasteiger partial charge in [-0.3, -0.25) is 14.4 Å². The highest BCUT2D eigenvalue weighted by Crippen LogP contribution is 2.35. The Balaban J connectivity index is 2.46. The van der Waals surface area contributed by atoms with Gasteiger partial charge in [0.15, 0.2) is 0 Å². The molecule has 18 heavy (non-hydrogen) atoms. The Morgan fingerprint density at radius 2 is 2.28 bits per heavy atom. The van der Waals surface area contributed by atoms with Crippen LogP contribution in [0, 0.1) is 0 Å². The number of rotatable bonds is 3. The fraction of sp³-hybridized carbons (Fsp3) is 0.250. The van der Waals surface area contributed by atoms with Crippen molar-refractivity contribution < 1.29 is 14.4 Å². The number of amides is 2. The number of aldehydes is 1. The van der Waals surface area contributed by atoms with Crippen LogP contribution in [0.4, 0.5) is 5.69 Å². The smallest absolute Gasteiger partial charge is 0.297 e. The van der Waals surface area contributed by atoms with E-state index in [2.05, 4.69) is 0 Å². The van der Waals surface area contributed by atoms with Crippen molar-refractivity contribution in [2.24, 2.45) is 5.73 Å². The standard InChI is InChI=1S/C12H12N2O3S/c13-4-3-8-1-2-10-9(5-8)14(11(16)6-15)12(17)7-18-10/h1-2,5-6H,3-4,7,13H2. The van der Waals surface area contributed by atoms with Crippen molar-refractivity contribution in [3.8, 4) is 0 Å². The number of fused-ring (bicyclic) bond motifs is 1. The predicted octanol–water partition coefficient (Wildman–Crippen LogP) is 0.352. The van der Waals surface area contributed by atoms with Gasteiger partial charge in [0.05, 0.1) is 11.4 Å². The number of thioether (sulfide) groups is 1. The summed E-state index contributed by atoms with van der Waals surface area (Å²) in [5, 5.41) is 0. The van der Waals surface area contributed by atoms with Gasteiger partial charge in [-0.25, -0.2) is 4.90 Å². The Morgan fingerprint density at radius 3 is 2.94 bits per heavy atom. The third kappa shape index (κ3) is 2.30. The van der Waals surface area contributed by atoms with Crippen molar-refractivity contribution in [3.05, 3.63) is 23.8 Å². The molecule has 1 aliphatic heterocycles. The molecule has 1 aromatic rings. The Kier molecular flexibility index (Phi) is 3.78. The van der Waals surface area contributed by atoms with E-state index in [1.807, 2.05) is 12.1 Å². The minimum absolute atomic E-state index is 0.160.